The fourth-order valence-corrected chi connectivity index (χ4v) is 1.60. The van der Waals surface area contributed by atoms with E-state index in [-0.39, 0.29) is 5.91 Å². The van der Waals surface area contributed by atoms with E-state index in [1.165, 1.54) is 5.56 Å². The summed E-state index contributed by atoms with van der Waals surface area (Å²) in [6.45, 7) is 2.05. The van der Waals surface area contributed by atoms with Gasteiger partial charge in [-0.05, 0) is 35.4 Å². The van der Waals surface area contributed by atoms with Crippen LogP contribution >= 0.6 is 0 Å². The van der Waals surface area contributed by atoms with Gasteiger partial charge in [-0.15, -0.1) is 0 Å². The summed E-state index contributed by atoms with van der Waals surface area (Å²) in [7, 11) is 0. The highest BCUT2D eigenvalue weighted by atomic mass is 16.1. The third-order valence-electron chi connectivity index (χ3n) is 2.38. The Bertz CT molecular complexity index is 503. The van der Waals surface area contributed by atoms with Gasteiger partial charge in [-0.1, -0.05) is 24.3 Å². The third kappa shape index (κ3) is 1.35. The van der Waals surface area contributed by atoms with Crippen molar-refractivity contribution in [2.75, 3.05) is 0 Å². The van der Waals surface area contributed by atoms with Gasteiger partial charge in [0.2, 0.25) is 5.91 Å². The zero-order valence-corrected chi connectivity index (χ0v) is 7.95. The fraction of sp³-hybridized carbons (Fsp3) is 0.0833. The zero-order valence-electron chi connectivity index (χ0n) is 7.95. The van der Waals surface area contributed by atoms with Crippen LogP contribution in [0.1, 0.15) is 15.9 Å². The normalized spacial score (nSPS) is 10.4. The van der Waals surface area contributed by atoms with Gasteiger partial charge >= 0.3 is 0 Å². The van der Waals surface area contributed by atoms with E-state index in [1.807, 2.05) is 37.3 Å². The quantitative estimate of drug-likeness (QED) is 0.727. The van der Waals surface area contributed by atoms with E-state index < -0.39 is 0 Å². The zero-order chi connectivity index (χ0) is 10.1. The average Bonchev–Trinajstić information content (AvgIpc) is 2.17. The lowest BCUT2D eigenvalue weighted by Gasteiger charge is -2.02. The molecule has 1 amide bonds. The second-order valence-electron chi connectivity index (χ2n) is 3.38. The number of aryl methyl sites for hydroxylation is 1. The lowest BCUT2D eigenvalue weighted by atomic mass is 10.0. The molecule has 2 N–H and O–H groups in total. The maximum atomic E-state index is 11.0. The molecule has 0 unspecified atom stereocenters. The first-order valence-corrected chi connectivity index (χ1v) is 4.47. The predicted molar refractivity (Wildman–Crippen MR) is 57.2 cm³/mol. The molecule has 0 spiro atoms. The van der Waals surface area contributed by atoms with Gasteiger partial charge in [-0.2, -0.15) is 0 Å². The molecule has 2 aromatic carbocycles. The standard InChI is InChI=1S/C12H11NO/c1-8-3-2-4-9-7-10(12(13)14)5-6-11(8)9/h2-7H,1H3,(H2,13,14). The topological polar surface area (TPSA) is 43.1 Å². The SMILES string of the molecule is Cc1cccc2cc(C(N)=O)ccc12. The third-order valence-corrected chi connectivity index (χ3v) is 2.38. The summed E-state index contributed by atoms with van der Waals surface area (Å²) in [6.07, 6.45) is 0. The van der Waals surface area contributed by atoms with Crippen LogP contribution in [0.15, 0.2) is 36.4 Å². The monoisotopic (exact) mass is 185 g/mol. The maximum Gasteiger partial charge on any atom is 0.248 e. The Morgan fingerprint density at radius 3 is 2.71 bits per heavy atom. The molecule has 0 aliphatic carbocycles. The van der Waals surface area contributed by atoms with Crippen LogP contribution in [0, 0.1) is 6.92 Å². The van der Waals surface area contributed by atoms with Crippen molar-refractivity contribution in [1.29, 1.82) is 0 Å². The second-order valence-corrected chi connectivity index (χ2v) is 3.38. The number of carbonyl (C=O) groups is 1. The molecule has 0 aromatic heterocycles. The van der Waals surface area contributed by atoms with Crippen LogP contribution in [0.4, 0.5) is 0 Å². The van der Waals surface area contributed by atoms with Gasteiger partial charge in [0.1, 0.15) is 0 Å². The van der Waals surface area contributed by atoms with E-state index in [9.17, 15) is 4.79 Å². The molecule has 0 fully saturated rings. The Morgan fingerprint density at radius 2 is 2.00 bits per heavy atom. The van der Waals surface area contributed by atoms with Crippen molar-refractivity contribution in [3.8, 4) is 0 Å². The van der Waals surface area contributed by atoms with Crippen molar-refractivity contribution < 1.29 is 4.79 Å². The summed E-state index contributed by atoms with van der Waals surface area (Å²) in [5, 5.41) is 2.22. The van der Waals surface area contributed by atoms with E-state index in [1.54, 1.807) is 6.07 Å². The van der Waals surface area contributed by atoms with E-state index in [4.69, 9.17) is 5.73 Å². The number of benzene rings is 2. The van der Waals surface area contributed by atoms with Crippen molar-refractivity contribution in [3.05, 3.63) is 47.5 Å². The number of amides is 1. The molecule has 2 rings (SSSR count). The highest BCUT2D eigenvalue weighted by Crippen LogP contribution is 2.19. The molecule has 0 heterocycles. The Morgan fingerprint density at radius 1 is 1.21 bits per heavy atom. The van der Waals surface area contributed by atoms with Gasteiger partial charge < -0.3 is 5.73 Å². The first-order valence-electron chi connectivity index (χ1n) is 4.47. The Labute approximate surface area is 82.3 Å². The molecule has 0 radical (unpaired) electrons. The van der Waals surface area contributed by atoms with Crippen LogP contribution in [-0.2, 0) is 0 Å². The molecule has 14 heavy (non-hydrogen) atoms. The number of hydrogen-bond acceptors (Lipinski definition) is 1. The summed E-state index contributed by atoms with van der Waals surface area (Å²) >= 11 is 0. The smallest absolute Gasteiger partial charge is 0.248 e. The Kier molecular flexibility index (Phi) is 1.97. The fourth-order valence-electron chi connectivity index (χ4n) is 1.60. The molecule has 2 heteroatoms. The van der Waals surface area contributed by atoms with Crippen molar-refractivity contribution in [2.45, 2.75) is 6.92 Å². The Hall–Kier alpha value is -1.83. The van der Waals surface area contributed by atoms with Crippen LogP contribution in [0.3, 0.4) is 0 Å². The molecule has 0 atom stereocenters. The summed E-state index contributed by atoms with van der Waals surface area (Å²) in [5.41, 5.74) is 6.97. The Balaban J connectivity index is 2.73. The molecule has 0 saturated carbocycles. The summed E-state index contributed by atoms with van der Waals surface area (Å²) in [5.74, 6) is -0.381. The van der Waals surface area contributed by atoms with Gasteiger partial charge in [0.15, 0.2) is 0 Å². The number of fused-ring (bicyclic) bond motifs is 1. The van der Waals surface area contributed by atoms with Gasteiger partial charge in [0.05, 0.1) is 0 Å². The van der Waals surface area contributed by atoms with Crippen molar-refractivity contribution in [1.82, 2.24) is 0 Å². The molecule has 70 valence electrons. The van der Waals surface area contributed by atoms with E-state index in [0.717, 1.165) is 10.8 Å². The summed E-state index contributed by atoms with van der Waals surface area (Å²) in [4.78, 5) is 11.0. The molecule has 0 saturated heterocycles. The largest absolute Gasteiger partial charge is 0.366 e. The van der Waals surface area contributed by atoms with E-state index in [0.29, 0.717) is 5.56 Å². The van der Waals surface area contributed by atoms with Crippen molar-refractivity contribution in [3.63, 3.8) is 0 Å². The number of nitrogens with two attached hydrogens (primary N) is 1. The number of primary amides is 1. The second kappa shape index (κ2) is 3.14. The maximum absolute atomic E-state index is 11.0. The lowest BCUT2D eigenvalue weighted by molar-refractivity contribution is 0.100. The highest BCUT2D eigenvalue weighted by Gasteiger charge is 2.02. The summed E-state index contributed by atoms with van der Waals surface area (Å²) < 4.78 is 0. The number of rotatable bonds is 1. The molecular formula is C12H11NO. The van der Waals surface area contributed by atoms with Crippen LogP contribution in [-0.4, -0.2) is 5.91 Å². The first kappa shape index (κ1) is 8.75. The van der Waals surface area contributed by atoms with Gasteiger partial charge in [0.25, 0.3) is 0 Å². The average molecular weight is 185 g/mol. The molecular weight excluding hydrogens is 174 g/mol. The first-order chi connectivity index (χ1) is 6.68. The summed E-state index contributed by atoms with van der Waals surface area (Å²) in [6, 6.07) is 11.5. The lowest BCUT2D eigenvalue weighted by Crippen LogP contribution is -2.10. The van der Waals surface area contributed by atoms with Crippen LogP contribution in [0.5, 0.6) is 0 Å². The molecule has 2 nitrogen and oxygen atoms in total. The van der Waals surface area contributed by atoms with Gasteiger partial charge in [-0.25, -0.2) is 0 Å². The number of hydrogen-bond donors (Lipinski definition) is 1. The minimum absolute atomic E-state index is 0.381. The van der Waals surface area contributed by atoms with Gasteiger partial charge in [-0.3, -0.25) is 4.79 Å². The minimum atomic E-state index is -0.381. The highest BCUT2D eigenvalue weighted by molar-refractivity contribution is 5.98. The molecule has 0 bridgehead atoms. The molecule has 0 aliphatic rings. The molecule has 0 aliphatic heterocycles. The van der Waals surface area contributed by atoms with Crippen molar-refractivity contribution in [2.24, 2.45) is 5.73 Å². The van der Waals surface area contributed by atoms with Crippen LogP contribution in [0.25, 0.3) is 10.8 Å². The minimum Gasteiger partial charge on any atom is -0.366 e. The van der Waals surface area contributed by atoms with Gasteiger partial charge in [0, 0.05) is 5.56 Å². The molecule has 2 aromatic rings. The predicted octanol–water partition coefficient (Wildman–Crippen LogP) is 2.25. The van der Waals surface area contributed by atoms with E-state index in [2.05, 4.69) is 0 Å². The number of carbonyl (C=O) groups excluding carboxylic acids is 1. The van der Waals surface area contributed by atoms with Crippen LogP contribution < -0.4 is 5.73 Å². The van der Waals surface area contributed by atoms with Crippen molar-refractivity contribution >= 4 is 16.7 Å². The van der Waals surface area contributed by atoms with Crippen LogP contribution in [0.2, 0.25) is 0 Å². The van der Waals surface area contributed by atoms with E-state index >= 15 is 0 Å².